The normalized spacial score (nSPS) is 17.5. The molecule has 1 atom stereocenters. The van der Waals surface area contributed by atoms with E-state index >= 15 is 0 Å². The molecule has 0 aliphatic carbocycles. The summed E-state index contributed by atoms with van der Waals surface area (Å²) in [5.74, 6) is 0.854. The SMILES string of the molecule is CCOCCCNC(=O)Cn1c(C2CCCO2)nc2ccccc21. The molecule has 0 bridgehead atoms. The van der Waals surface area contributed by atoms with Crippen LogP contribution in [0.4, 0.5) is 0 Å². The number of hydrogen-bond donors (Lipinski definition) is 1. The van der Waals surface area contributed by atoms with Crippen molar-refractivity contribution in [3.05, 3.63) is 30.1 Å². The van der Waals surface area contributed by atoms with Crippen LogP contribution < -0.4 is 5.32 Å². The zero-order valence-corrected chi connectivity index (χ0v) is 14.2. The Labute approximate surface area is 142 Å². The van der Waals surface area contributed by atoms with Crippen molar-refractivity contribution in [2.75, 3.05) is 26.4 Å². The van der Waals surface area contributed by atoms with Crippen LogP contribution in [0.2, 0.25) is 0 Å². The van der Waals surface area contributed by atoms with Crippen molar-refractivity contribution >= 4 is 16.9 Å². The minimum atomic E-state index is -0.0110. The number of carbonyl (C=O) groups excluding carboxylic acids is 1. The Morgan fingerprint density at radius 1 is 1.46 bits per heavy atom. The molecule has 1 fully saturated rings. The van der Waals surface area contributed by atoms with Gasteiger partial charge in [-0.2, -0.15) is 0 Å². The Morgan fingerprint density at radius 3 is 3.12 bits per heavy atom. The van der Waals surface area contributed by atoms with Crippen LogP contribution in [0.5, 0.6) is 0 Å². The van der Waals surface area contributed by atoms with E-state index in [9.17, 15) is 4.79 Å². The number of amides is 1. The van der Waals surface area contributed by atoms with E-state index in [2.05, 4.69) is 5.32 Å². The summed E-state index contributed by atoms with van der Waals surface area (Å²) in [6.45, 7) is 5.00. The summed E-state index contributed by atoms with van der Waals surface area (Å²) < 4.78 is 13.1. The van der Waals surface area contributed by atoms with Crippen molar-refractivity contribution in [3.63, 3.8) is 0 Å². The van der Waals surface area contributed by atoms with E-state index < -0.39 is 0 Å². The lowest BCUT2D eigenvalue weighted by atomic mass is 10.2. The standard InChI is InChI=1S/C18H25N3O3/c1-2-23-11-6-10-19-17(22)13-21-15-8-4-3-7-14(15)20-18(21)16-9-5-12-24-16/h3-4,7-8,16H,2,5-6,9-13H2,1H3,(H,19,22). The lowest BCUT2D eigenvalue weighted by Crippen LogP contribution is -2.30. The Kier molecular flexibility index (Phi) is 5.82. The highest BCUT2D eigenvalue weighted by atomic mass is 16.5. The van der Waals surface area contributed by atoms with E-state index in [0.29, 0.717) is 19.8 Å². The van der Waals surface area contributed by atoms with Gasteiger partial charge in [-0.1, -0.05) is 12.1 Å². The van der Waals surface area contributed by atoms with Crippen molar-refractivity contribution < 1.29 is 14.3 Å². The molecular weight excluding hydrogens is 306 g/mol. The van der Waals surface area contributed by atoms with Crippen LogP contribution in [0.15, 0.2) is 24.3 Å². The molecule has 1 unspecified atom stereocenters. The number of nitrogens with one attached hydrogen (secondary N) is 1. The third-order valence-electron chi connectivity index (χ3n) is 4.20. The average Bonchev–Trinajstić information content (AvgIpc) is 3.23. The molecule has 1 N–H and O–H groups in total. The first-order valence-electron chi connectivity index (χ1n) is 8.70. The first-order chi connectivity index (χ1) is 11.8. The van der Waals surface area contributed by atoms with Crippen molar-refractivity contribution in [2.24, 2.45) is 0 Å². The maximum atomic E-state index is 12.3. The van der Waals surface area contributed by atoms with Crippen LogP contribution in [-0.2, 0) is 20.8 Å². The number of imidazole rings is 1. The van der Waals surface area contributed by atoms with Gasteiger partial charge in [0.15, 0.2) is 0 Å². The molecule has 0 radical (unpaired) electrons. The summed E-state index contributed by atoms with van der Waals surface area (Å²) in [5, 5.41) is 2.95. The number of aromatic nitrogens is 2. The van der Waals surface area contributed by atoms with Gasteiger partial charge in [-0.25, -0.2) is 4.98 Å². The number of carbonyl (C=O) groups is 1. The fourth-order valence-corrected chi connectivity index (χ4v) is 3.03. The number of ether oxygens (including phenoxy) is 2. The van der Waals surface area contributed by atoms with Crippen LogP contribution in [0.1, 0.15) is 38.1 Å². The minimum Gasteiger partial charge on any atom is -0.382 e. The van der Waals surface area contributed by atoms with E-state index in [1.807, 2.05) is 35.8 Å². The first-order valence-corrected chi connectivity index (χ1v) is 8.70. The zero-order chi connectivity index (χ0) is 16.8. The second-order valence-electron chi connectivity index (χ2n) is 5.95. The summed E-state index contributed by atoms with van der Waals surface area (Å²) in [5.41, 5.74) is 1.89. The monoisotopic (exact) mass is 331 g/mol. The zero-order valence-electron chi connectivity index (χ0n) is 14.2. The smallest absolute Gasteiger partial charge is 0.240 e. The van der Waals surface area contributed by atoms with Gasteiger partial charge in [0, 0.05) is 26.4 Å². The van der Waals surface area contributed by atoms with Gasteiger partial charge in [0.25, 0.3) is 0 Å². The molecular formula is C18H25N3O3. The fourth-order valence-electron chi connectivity index (χ4n) is 3.03. The first kappa shape index (κ1) is 16.9. The third-order valence-corrected chi connectivity index (χ3v) is 4.20. The number of fused-ring (bicyclic) bond motifs is 1. The summed E-state index contributed by atoms with van der Waals surface area (Å²) in [6.07, 6.45) is 2.81. The van der Waals surface area contributed by atoms with Crippen LogP contribution in [0, 0.1) is 0 Å². The number of rotatable bonds is 8. The lowest BCUT2D eigenvalue weighted by molar-refractivity contribution is -0.121. The highest BCUT2D eigenvalue weighted by Gasteiger charge is 2.25. The fraction of sp³-hybridized carbons (Fsp3) is 0.556. The van der Waals surface area contributed by atoms with Crippen molar-refractivity contribution in [2.45, 2.75) is 38.8 Å². The number of para-hydroxylation sites is 2. The summed E-state index contributed by atoms with van der Waals surface area (Å²) in [4.78, 5) is 17.0. The molecule has 2 aromatic rings. The molecule has 1 saturated heterocycles. The minimum absolute atomic E-state index is 0.00565. The molecule has 0 spiro atoms. The summed E-state index contributed by atoms with van der Waals surface area (Å²) >= 11 is 0. The van der Waals surface area contributed by atoms with E-state index in [0.717, 1.165) is 42.7 Å². The van der Waals surface area contributed by atoms with E-state index in [1.165, 1.54) is 0 Å². The molecule has 3 rings (SSSR count). The van der Waals surface area contributed by atoms with Crippen LogP contribution in [0.3, 0.4) is 0 Å². The van der Waals surface area contributed by atoms with E-state index in [-0.39, 0.29) is 18.6 Å². The Hall–Kier alpha value is -1.92. The van der Waals surface area contributed by atoms with Gasteiger partial charge in [0.2, 0.25) is 5.91 Å². The van der Waals surface area contributed by atoms with Crippen molar-refractivity contribution in [3.8, 4) is 0 Å². The summed E-state index contributed by atoms with van der Waals surface area (Å²) in [6, 6.07) is 7.92. The maximum absolute atomic E-state index is 12.3. The number of hydrogen-bond acceptors (Lipinski definition) is 4. The molecule has 1 aromatic carbocycles. The molecule has 1 aliphatic rings. The van der Waals surface area contributed by atoms with Gasteiger partial charge in [-0.15, -0.1) is 0 Å². The van der Waals surface area contributed by atoms with E-state index in [1.54, 1.807) is 0 Å². The average molecular weight is 331 g/mol. The molecule has 6 nitrogen and oxygen atoms in total. The maximum Gasteiger partial charge on any atom is 0.240 e. The molecule has 130 valence electrons. The Morgan fingerprint density at radius 2 is 2.33 bits per heavy atom. The Bertz CT molecular complexity index is 677. The van der Waals surface area contributed by atoms with Crippen molar-refractivity contribution in [1.82, 2.24) is 14.9 Å². The molecule has 0 saturated carbocycles. The highest BCUT2D eigenvalue weighted by Crippen LogP contribution is 2.30. The predicted octanol–water partition coefficient (Wildman–Crippen LogP) is 2.43. The molecule has 1 amide bonds. The van der Waals surface area contributed by atoms with Crippen LogP contribution >= 0.6 is 0 Å². The largest absolute Gasteiger partial charge is 0.382 e. The van der Waals surface area contributed by atoms with Crippen molar-refractivity contribution in [1.29, 1.82) is 0 Å². The van der Waals surface area contributed by atoms with Gasteiger partial charge in [0.05, 0.1) is 11.0 Å². The second-order valence-corrected chi connectivity index (χ2v) is 5.95. The van der Waals surface area contributed by atoms with Gasteiger partial charge < -0.3 is 19.4 Å². The number of nitrogens with zero attached hydrogens (tertiary/aromatic N) is 2. The molecule has 24 heavy (non-hydrogen) atoms. The third kappa shape index (κ3) is 3.94. The molecule has 1 aliphatic heterocycles. The summed E-state index contributed by atoms with van der Waals surface area (Å²) in [7, 11) is 0. The van der Waals surface area contributed by atoms with E-state index in [4.69, 9.17) is 14.5 Å². The second kappa shape index (κ2) is 8.26. The van der Waals surface area contributed by atoms with Gasteiger partial charge in [0.1, 0.15) is 18.5 Å². The highest BCUT2D eigenvalue weighted by molar-refractivity contribution is 5.81. The predicted molar refractivity (Wildman–Crippen MR) is 91.8 cm³/mol. The van der Waals surface area contributed by atoms with Gasteiger partial charge in [-0.3, -0.25) is 4.79 Å². The number of benzene rings is 1. The molecule has 6 heteroatoms. The quantitative estimate of drug-likeness (QED) is 0.755. The topological polar surface area (TPSA) is 65.4 Å². The van der Waals surface area contributed by atoms with Crippen LogP contribution in [-0.4, -0.2) is 41.8 Å². The molecule has 1 aromatic heterocycles. The Balaban J connectivity index is 1.70. The van der Waals surface area contributed by atoms with Crippen LogP contribution in [0.25, 0.3) is 11.0 Å². The van der Waals surface area contributed by atoms with Gasteiger partial charge in [-0.05, 0) is 38.3 Å². The lowest BCUT2D eigenvalue weighted by Gasteiger charge is -2.13. The van der Waals surface area contributed by atoms with Gasteiger partial charge >= 0.3 is 0 Å². The molecule has 2 heterocycles.